The van der Waals surface area contributed by atoms with Crippen molar-refractivity contribution in [3.8, 4) is 11.5 Å². The Kier molecular flexibility index (Phi) is 5.95. The largest absolute Gasteiger partial charge is 0.486 e. The molecule has 1 atom stereocenters. The molecule has 10 heteroatoms. The van der Waals surface area contributed by atoms with Crippen molar-refractivity contribution in [3.63, 3.8) is 0 Å². The van der Waals surface area contributed by atoms with Crippen molar-refractivity contribution in [3.05, 3.63) is 48.0 Å². The normalized spacial score (nSPS) is 21.1. The predicted octanol–water partition coefficient (Wildman–Crippen LogP) is 1.65. The van der Waals surface area contributed by atoms with E-state index in [1.54, 1.807) is 52.3 Å². The smallest absolute Gasteiger partial charge is 0.243 e. The number of amides is 2. The van der Waals surface area contributed by atoms with Crippen molar-refractivity contribution in [2.75, 3.05) is 50.8 Å². The van der Waals surface area contributed by atoms with Crippen LogP contribution in [0.2, 0.25) is 0 Å². The summed E-state index contributed by atoms with van der Waals surface area (Å²) < 4.78 is 38.4. The molecule has 0 bridgehead atoms. The van der Waals surface area contributed by atoms with Gasteiger partial charge in [-0.25, -0.2) is 8.42 Å². The highest BCUT2D eigenvalue weighted by atomic mass is 32.2. The molecule has 0 aliphatic carbocycles. The molecule has 3 aliphatic heterocycles. The van der Waals surface area contributed by atoms with Gasteiger partial charge >= 0.3 is 0 Å². The molecule has 0 saturated carbocycles. The minimum Gasteiger partial charge on any atom is -0.486 e. The first-order valence-electron chi connectivity index (χ1n) is 11.4. The van der Waals surface area contributed by atoms with Crippen molar-refractivity contribution in [1.82, 2.24) is 9.21 Å². The number of rotatable bonds is 4. The van der Waals surface area contributed by atoms with Crippen LogP contribution in [-0.4, -0.2) is 75.4 Å². The van der Waals surface area contributed by atoms with Gasteiger partial charge in [0.2, 0.25) is 21.8 Å². The third-order valence-electron chi connectivity index (χ3n) is 6.52. The Morgan fingerprint density at radius 3 is 2.32 bits per heavy atom. The first kappa shape index (κ1) is 22.7. The molecule has 0 unspecified atom stereocenters. The third kappa shape index (κ3) is 4.23. The standard InChI is InChI=1S/C24H27N3O6S/c1-17-2-5-20(6-3-17)34(30,31)26-10-8-25(9-11-26)24(29)18-14-23(28)27(16-18)19-4-7-21-22(15-19)33-13-12-32-21/h2-7,15,18H,8-14,16H2,1H3/t18-/m0/s1. The van der Waals surface area contributed by atoms with E-state index < -0.39 is 15.9 Å². The summed E-state index contributed by atoms with van der Waals surface area (Å²) in [5.41, 5.74) is 1.67. The van der Waals surface area contributed by atoms with E-state index in [2.05, 4.69) is 0 Å². The molecule has 3 heterocycles. The molecule has 5 rings (SSSR count). The summed E-state index contributed by atoms with van der Waals surface area (Å²) in [7, 11) is -3.60. The molecule has 0 radical (unpaired) electrons. The Morgan fingerprint density at radius 1 is 0.941 bits per heavy atom. The average Bonchev–Trinajstić information content (AvgIpc) is 3.25. The minimum absolute atomic E-state index is 0.110. The summed E-state index contributed by atoms with van der Waals surface area (Å²) in [5, 5.41) is 0. The highest BCUT2D eigenvalue weighted by molar-refractivity contribution is 7.89. The van der Waals surface area contributed by atoms with E-state index in [1.165, 1.54) is 4.31 Å². The Morgan fingerprint density at radius 2 is 1.62 bits per heavy atom. The van der Waals surface area contributed by atoms with Gasteiger partial charge in [-0.1, -0.05) is 17.7 Å². The molecule has 180 valence electrons. The monoisotopic (exact) mass is 485 g/mol. The summed E-state index contributed by atoms with van der Waals surface area (Å²) in [4.78, 5) is 29.4. The molecule has 2 aromatic rings. The van der Waals surface area contributed by atoms with Gasteiger partial charge < -0.3 is 19.3 Å². The number of benzene rings is 2. The fourth-order valence-electron chi connectivity index (χ4n) is 4.59. The lowest BCUT2D eigenvalue weighted by Crippen LogP contribution is -2.52. The number of nitrogens with zero attached hydrogens (tertiary/aromatic N) is 3. The molecule has 2 saturated heterocycles. The number of piperazine rings is 1. The van der Waals surface area contributed by atoms with Crippen LogP contribution in [0.1, 0.15) is 12.0 Å². The van der Waals surface area contributed by atoms with Crippen LogP contribution in [0.25, 0.3) is 0 Å². The predicted molar refractivity (Wildman–Crippen MR) is 124 cm³/mol. The fraction of sp³-hybridized carbons (Fsp3) is 0.417. The first-order chi connectivity index (χ1) is 16.3. The van der Waals surface area contributed by atoms with Crippen LogP contribution in [0.4, 0.5) is 5.69 Å². The molecule has 3 aliphatic rings. The number of aryl methyl sites for hydroxylation is 1. The van der Waals surface area contributed by atoms with Gasteiger partial charge in [-0.15, -0.1) is 0 Å². The van der Waals surface area contributed by atoms with E-state index in [-0.39, 0.29) is 36.2 Å². The summed E-state index contributed by atoms with van der Waals surface area (Å²) in [6, 6.07) is 12.1. The van der Waals surface area contributed by atoms with Gasteiger partial charge in [-0.3, -0.25) is 9.59 Å². The van der Waals surface area contributed by atoms with Gasteiger partial charge in [0.15, 0.2) is 11.5 Å². The van der Waals surface area contributed by atoms with Crippen molar-refractivity contribution in [2.45, 2.75) is 18.2 Å². The zero-order chi connectivity index (χ0) is 23.9. The molecule has 2 aromatic carbocycles. The Bertz CT molecular complexity index is 1210. The molecule has 34 heavy (non-hydrogen) atoms. The maximum atomic E-state index is 13.2. The highest BCUT2D eigenvalue weighted by Crippen LogP contribution is 2.36. The highest BCUT2D eigenvalue weighted by Gasteiger charge is 2.39. The Hall–Kier alpha value is -3.11. The van der Waals surface area contributed by atoms with Gasteiger partial charge in [0.1, 0.15) is 13.2 Å². The third-order valence-corrected chi connectivity index (χ3v) is 8.43. The number of fused-ring (bicyclic) bond motifs is 1. The summed E-state index contributed by atoms with van der Waals surface area (Å²) in [6.45, 7) is 4.21. The zero-order valence-electron chi connectivity index (χ0n) is 19.0. The lowest BCUT2D eigenvalue weighted by molar-refractivity contribution is -0.136. The molecule has 2 fully saturated rings. The van der Waals surface area contributed by atoms with E-state index in [0.717, 1.165) is 5.56 Å². The second-order valence-corrected chi connectivity index (χ2v) is 10.7. The van der Waals surface area contributed by atoms with Gasteiger partial charge in [-0.05, 0) is 31.2 Å². The van der Waals surface area contributed by atoms with Crippen molar-refractivity contribution in [2.24, 2.45) is 5.92 Å². The molecule has 9 nitrogen and oxygen atoms in total. The lowest BCUT2D eigenvalue weighted by atomic mass is 10.1. The van der Waals surface area contributed by atoms with Crippen LogP contribution in [0.3, 0.4) is 0 Å². The maximum absolute atomic E-state index is 13.2. The fourth-order valence-corrected chi connectivity index (χ4v) is 6.01. The van der Waals surface area contributed by atoms with E-state index in [9.17, 15) is 18.0 Å². The molecule has 0 aromatic heterocycles. The van der Waals surface area contributed by atoms with Crippen LogP contribution in [0.15, 0.2) is 47.4 Å². The van der Waals surface area contributed by atoms with E-state index in [0.29, 0.717) is 50.0 Å². The number of carbonyl (C=O) groups excluding carboxylic acids is 2. The van der Waals surface area contributed by atoms with Crippen LogP contribution in [0.5, 0.6) is 11.5 Å². The average molecular weight is 486 g/mol. The van der Waals surface area contributed by atoms with Crippen molar-refractivity contribution >= 4 is 27.5 Å². The van der Waals surface area contributed by atoms with Crippen molar-refractivity contribution < 1.29 is 27.5 Å². The minimum atomic E-state index is -3.60. The number of carbonyl (C=O) groups is 2. The van der Waals surface area contributed by atoms with E-state index in [4.69, 9.17) is 9.47 Å². The van der Waals surface area contributed by atoms with Crippen LogP contribution in [-0.2, 0) is 19.6 Å². The van der Waals surface area contributed by atoms with Crippen LogP contribution < -0.4 is 14.4 Å². The van der Waals surface area contributed by atoms with Crippen LogP contribution >= 0.6 is 0 Å². The first-order valence-corrected chi connectivity index (χ1v) is 12.8. The van der Waals surface area contributed by atoms with E-state index >= 15 is 0 Å². The zero-order valence-corrected chi connectivity index (χ0v) is 19.8. The number of hydrogen-bond donors (Lipinski definition) is 0. The van der Waals surface area contributed by atoms with Gasteiger partial charge in [0.25, 0.3) is 0 Å². The Balaban J connectivity index is 1.21. The summed E-state index contributed by atoms with van der Waals surface area (Å²) in [5.74, 6) is 0.558. The summed E-state index contributed by atoms with van der Waals surface area (Å²) >= 11 is 0. The topological polar surface area (TPSA) is 96.5 Å². The molecular formula is C24H27N3O6S. The number of anilines is 1. The second-order valence-electron chi connectivity index (χ2n) is 8.78. The lowest BCUT2D eigenvalue weighted by Gasteiger charge is -2.35. The molecule has 0 N–H and O–H groups in total. The van der Waals surface area contributed by atoms with Crippen LogP contribution in [0, 0.1) is 12.8 Å². The Labute approximate surface area is 198 Å². The van der Waals surface area contributed by atoms with Gasteiger partial charge in [-0.2, -0.15) is 4.31 Å². The number of hydrogen-bond acceptors (Lipinski definition) is 6. The summed E-state index contributed by atoms with van der Waals surface area (Å²) in [6.07, 6.45) is 0.134. The number of sulfonamides is 1. The molecule has 2 amide bonds. The van der Waals surface area contributed by atoms with Crippen molar-refractivity contribution in [1.29, 1.82) is 0 Å². The molecular weight excluding hydrogens is 458 g/mol. The SMILES string of the molecule is Cc1ccc(S(=O)(=O)N2CCN(C(=O)[C@H]3CC(=O)N(c4ccc5c(c4)OCCO5)C3)CC2)cc1. The van der Waals surface area contributed by atoms with Gasteiger partial charge in [0.05, 0.1) is 10.8 Å². The quantitative estimate of drug-likeness (QED) is 0.654. The number of ether oxygens (including phenoxy) is 2. The van der Waals surface area contributed by atoms with Gasteiger partial charge in [0, 0.05) is 50.9 Å². The van der Waals surface area contributed by atoms with E-state index in [1.807, 2.05) is 6.92 Å². The maximum Gasteiger partial charge on any atom is 0.243 e. The molecule has 0 spiro atoms. The second kappa shape index (κ2) is 8.92.